The minimum Gasteiger partial charge on any atom is -0.465 e. The largest absolute Gasteiger partial charge is 0.465 e. The molecule has 0 saturated carbocycles. The van der Waals surface area contributed by atoms with E-state index in [0.717, 1.165) is 17.5 Å². The van der Waals surface area contributed by atoms with E-state index < -0.39 is 0 Å². The Labute approximate surface area is 178 Å². The molecule has 0 saturated heterocycles. The zero-order valence-electron chi connectivity index (χ0n) is 16.4. The third-order valence-corrected chi connectivity index (χ3v) is 4.39. The molecule has 0 amide bonds. The van der Waals surface area contributed by atoms with Gasteiger partial charge in [0, 0.05) is 24.2 Å². The lowest BCUT2D eigenvalue weighted by molar-refractivity contribution is 0.0599. The van der Waals surface area contributed by atoms with E-state index in [0.29, 0.717) is 23.7 Å². The first-order chi connectivity index (χ1) is 12.5. The maximum Gasteiger partial charge on any atom is 0.337 e. The summed E-state index contributed by atoms with van der Waals surface area (Å²) in [5.74, 6) is -0.316. The summed E-state index contributed by atoms with van der Waals surface area (Å²) in [4.78, 5) is 11.5. The molecule has 0 aliphatic rings. The fraction of sp³-hybridized carbons (Fsp3) is 0.381. The fourth-order valence-corrected chi connectivity index (χ4v) is 3.01. The van der Waals surface area contributed by atoms with Crippen molar-refractivity contribution in [2.75, 3.05) is 20.3 Å². The lowest BCUT2D eigenvalue weighted by Crippen LogP contribution is -2.33. The fourth-order valence-electron chi connectivity index (χ4n) is 2.81. The number of nitrogens with one attached hydrogen (secondary N) is 1. The Bertz CT molecular complexity index is 710. The van der Waals surface area contributed by atoms with Crippen molar-refractivity contribution in [3.8, 4) is 0 Å². The van der Waals surface area contributed by atoms with Crippen LogP contribution >= 0.6 is 24.0 Å². The predicted molar refractivity (Wildman–Crippen MR) is 116 cm³/mol. The molecule has 2 atom stereocenters. The quantitative estimate of drug-likeness (QED) is 0.610. The maximum absolute atomic E-state index is 11.5. The van der Waals surface area contributed by atoms with Gasteiger partial charge in [-0.05, 0) is 55.7 Å². The summed E-state index contributed by atoms with van der Waals surface area (Å²) in [6, 6.07) is 15.6. The molecule has 0 aromatic heterocycles. The molecule has 2 unspecified atom stereocenters. The van der Waals surface area contributed by atoms with Crippen LogP contribution in [-0.2, 0) is 15.9 Å². The van der Waals surface area contributed by atoms with Crippen LogP contribution in [-0.4, -0.2) is 37.7 Å². The zero-order chi connectivity index (χ0) is 18.9. The highest BCUT2D eigenvalue weighted by atomic mass is 35.5. The van der Waals surface area contributed by atoms with E-state index in [9.17, 15) is 4.79 Å². The van der Waals surface area contributed by atoms with Crippen molar-refractivity contribution in [2.24, 2.45) is 0 Å². The van der Waals surface area contributed by atoms with Crippen LogP contribution in [0.3, 0.4) is 0 Å². The van der Waals surface area contributed by atoms with Crippen molar-refractivity contribution in [2.45, 2.75) is 32.4 Å². The minimum atomic E-state index is -0.316. The van der Waals surface area contributed by atoms with E-state index in [2.05, 4.69) is 12.2 Å². The number of carbonyl (C=O) groups excluding carboxylic acids is 1. The smallest absolute Gasteiger partial charge is 0.337 e. The normalized spacial score (nSPS) is 12.3. The third kappa shape index (κ3) is 8.17. The topological polar surface area (TPSA) is 79.1 Å². The van der Waals surface area contributed by atoms with Crippen molar-refractivity contribution in [1.82, 2.24) is 5.32 Å². The third-order valence-electron chi connectivity index (χ3n) is 4.16. The van der Waals surface area contributed by atoms with E-state index in [-0.39, 0.29) is 36.0 Å². The van der Waals surface area contributed by atoms with Crippen molar-refractivity contribution < 1.29 is 19.7 Å². The molecule has 5 nitrogen and oxygen atoms in total. The zero-order valence-corrected chi connectivity index (χ0v) is 18.0. The second kappa shape index (κ2) is 13.5. The summed E-state index contributed by atoms with van der Waals surface area (Å²) in [7, 11) is 1.39. The summed E-state index contributed by atoms with van der Waals surface area (Å²) < 4.78 is 10.6. The average molecular weight is 430 g/mol. The monoisotopic (exact) mass is 429 g/mol. The van der Waals surface area contributed by atoms with Crippen LogP contribution in [0.1, 0.15) is 41.4 Å². The molecule has 0 bridgehead atoms. The Morgan fingerprint density at radius 1 is 1.18 bits per heavy atom. The summed E-state index contributed by atoms with van der Waals surface area (Å²) in [6.45, 7) is 5.47. The van der Waals surface area contributed by atoms with Gasteiger partial charge in [-0.15, -0.1) is 12.4 Å². The van der Waals surface area contributed by atoms with Gasteiger partial charge in [-0.3, -0.25) is 0 Å². The van der Waals surface area contributed by atoms with Gasteiger partial charge in [0.2, 0.25) is 0 Å². The predicted octanol–water partition coefficient (Wildman–Crippen LogP) is 4.02. The Kier molecular flexibility index (Phi) is 12.7. The van der Waals surface area contributed by atoms with Crippen LogP contribution in [0.15, 0.2) is 48.5 Å². The molecule has 2 aromatic carbocycles. The molecule has 2 aromatic rings. The number of benzene rings is 2. The van der Waals surface area contributed by atoms with E-state index in [4.69, 9.17) is 21.1 Å². The Morgan fingerprint density at radius 3 is 2.43 bits per heavy atom. The Morgan fingerprint density at radius 2 is 1.86 bits per heavy atom. The molecule has 0 radical (unpaired) electrons. The van der Waals surface area contributed by atoms with Gasteiger partial charge in [0.25, 0.3) is 0 Å². The molecule has 156 valence electrons. The number of esters is 1. The van der Waals surface area contributed by atoms with E-state index >= 15 is 0 Å². The molecule has 3 N–H and O–H groups in total. The Balaban J connectivity index is 0.00000364. The first kappa shape index (κ1) is 26.4. The molecule has 2 rings (SSSR count). The van der Waals surface area contributed by atoms with Gasteiger partial charge in [-0.2, -0.15) is 0 Å². The van der Waals surface area contributed by atoms with Gasteiger partial charge < -0.3 is 20.3 Å². The van der Waals surface area contributed by atoms with Crippen molar-refractivity contribution in [1.29, 1.82) is 0 Å². The molecule has 0 heterocycles. The molecule has 0 fully saturated rings. The average Bonchev–Trinajstić information content (AvgIpc) is 2.65. The maximum atomic E-state index is 11.5. The molecule has 0 aliphatic heterocycles. The van der Waals surface area contributed by atoms with Crippen LogP contribution in [0, 0.1) is 0 Å². The summed E-state index contributed by atoms with van der Waals surface area (Å²) in [6.07, 6.45) is 0.818. The van der Waals surface area contributed by atoms with E-state index in [1.165, 1.54) is 7.11 Å². The van der Waals surface area contributed by atoms with Gasteiger partial charge >= 0.3 is 5.97 Å². The van der Waals surface area contributed by atoms with Crippen LogP contribution in [0.2, 0.25) is 5.02 Å². The van der Waals surface area contributed by atoms with Gasteiger partial charge in [-0.25, -0.2) is 4.79 Å². The van der Waals surface area contributed by atoms with Gasteiger partial charge in [0.1, 0.15) is 0 Å². The first-order valence-corrected chi connectivity index (χ1v) is 9.19. The van der Waals surface area contributed by atoms with Crippen LogP contribution in [0.4, 0.5) is 0 Å². The van der Waals surface area contributed by atoms with Crippen molar-refractivity contribution in [3.05, 3.63) is 70.2 Å². The lowest BCUT2D eigenvalue weighted by Gasteiger charge is -2.21. The number of carbonyl (C=O) groups is 1. The molecule has 0 spiro atoms. The molecule has 28 heavy (non-hydrogen) atoms. The van der Waals surface area contributed by atoms with Gasteiger partial charge in [-0.1, -0.05) is 35.9 Å². The molecule has 7 heteroatoms. The number of ether oxygens (including phenoxy) is 2. The lowest BCUT2D eigenvalue weighted by atomic mass is 10.0. The molecular weight excluding hydrogens is 401 g/mol. The highest BCUT2D eigenvalue weighted by Crippen LogP contribution is 2.20. The molecular formula is C21H29Cl2NO4. The molecule has 0 aliphatic carbocycles. The Hall–Kier alpha value is -1.63. The highest BCUT2D eigenvalue weighted by molar-refractivity contribution is 6.30. The number of hydrogen-bond acceptors (Lipinski definition) is 4. The second-order valence-corrected chi connectivity index (χ2v) is 6.64. The van der Waals surface area contributed by atoms with E-state index in [1.807, 2.05) is 43.3 Å². The SMILES string of the molecule is CCOC(CNC(C)Cc1ccc(C(=O)OC)cc1)c1cccc(Cl)c1.Cl.O. The summed E-state index contributed by atoms with van der Waals surface area (Å²) in [5.41, 5.74) is 2.80. The highest BCUT2D eigenvalue weighted by Gasteiger charge is 2.14. The van der Waals surface area contributed by atoms with Crippen LogP contribution in [0.5, 0.6) is 0 Å². The number of halogens is 2. The second-order valence-electron chi connectivity index (χ2n) is 6.20. The summed E-state index contributed by atoms with van der Waals surface area (Å²) >= 11 is 6.10. The number of hydrogen-bond donors (Lipinski definition) is 1. The number of rotatable bonds is 9. The van der Waals surface area contributed by atoms with Crippen LogP contribution in [0.25, 0.3) is 0 Å². The number of methoxy groups -OCH3 is 1. The van der Waals surface area contributed by atoms with Gasteiger partial charge in [0.05, 0.1) is 18.8 Å². The standard InChI is InChI=1S/C21H26ClNO3.ClH.H2O/c1-4-26-20(18-6-5-7-19(22)13-18)14-23-15(2)12-16-8-10-17(11-9-16)21(24)25-3;;/h5-11,13,15,20,23H,4,12,14H2,1-3H3;1H;1H2. The van der Waals surface area contributed by atoms with Crippen molar-refractivity contribution in [3.63, 3.8) is 0 Å². The van der Waals surface area contributed by atoms with Crippen molar-refractivity contribution >= 4 is 30.0 Å². The first-order valence-electron chi connectivity index (χ1n) is 8.81. The summed E-state index contributed by atoms with van der Waals surface area (Å²) in [5, 5.41) is 4.24. The van der Waals surface area contributed by atoms with Crippen LogP contribution < -0.4 is 5.32 Å². The van der Waals surface area contributed by atoms with E-state index in [1.54, 1.807) is 12.1 Å². The van der Waals surface area contributed by atoms with Gasteiger partial charge in [0.15, 0.2) is 0 Å². The minimum absolute atomic E-state index is 0.